The highest BCUT2D eigenvalue weighted by atomic mass is 32.1. The van der Waals surface area contributed by atoms with Gasteiger partial charge in [-0.15, -0.1) is 22.7 Å². The largest absolute Gasteiger partial charge is 0.309 e. The number of hydrogen-bond donors (Lipinski definition) is 0. The molecule has 0 saturated carbocycles. The Hall–Kier alpha value is -11.4. The summed E-state index contributed by atoms with van der Waals surface area (Å²) < 4.78 is 14.7. The summed E-state index contributed by atoms with van der Waals surface area (Å²) in [4.78, 5) is 5.71. The summed E-state index contributed by atoms with van der Waals surface area (Å²) in [5, 5.41) is 14.7. The predicted octanol–water partition coefficient (Wildman–Crippen LogP) is 23.2. The Morgan fingerprint density at radius 1 is 0.233 bits per heavy atom. The van der Waals surface area contributed by atoms with E-state index in [9.17, 15) is 0 Å². The zero-order chi connectivity index (χ0) is 58.7. The number of benzene rings is 13. The summed E-state index contributed by atoms with van der Waals surface area (Å²) in [6.07, 6.45) is 2.17. The second kappa shape index (κ2) is 19.1. The van der Waals surface area contributed by atoms with Crippen LogP contribution in [-0.4, -0.2) is 23.3 Å². The van der Waals surface area contributed by atoms with Crippen LogP contribution in [0, 0.1) is 0 Å². The SMILES string of the molecule is c1cc(-c2cc(-c3cnc(-n4c5ccccc5c5ccccc54)c4sc5ccc(-n6c7ccccc7c7ccccc76)cc5c34)cc(-n3c4ccccc4c4cc(-n5c6ccccc6c6ccccc65)ccc43)c2)cc(-c2cccc3c2sc2ccccc23)c1. The van der Waals surface area contributed by atoms with Gasteiger partial charge in [0.15, 0.2) is 5.82 Å². The van der Waals surface area contributed by atoms with Crippen molar-refractivity contribution in [3.05, 3.63) is 297 Å². The van der Waals surface area contributed by atoms with Gasteiger partial charge in [-0.05, 0) is 137 Å². The molecule has 7 heterocycles. The maximum Gasteiger partial charge on any atom is 0.155 e. The molecule has 0 unspecified atom stereocenters. The highest BCUT2D eigenvalue weighted by Crippen LogP contribution is 2.48. The Kier molecular flexibility index (Phi) is 10.5. The van der Waals surface area contributed by atoms with E-state index in [-0.39, 0.29) is 0 Å². The van der Waals surface area contributed by atoms with Crippen LogP contribution in [0.2, 0.25) is 0 Å². The van der Waals surface area contributed by atoms with Gasteiger partial charge in [-0.2, -0.15) is 0 Å². The Morgan fingerprint density at radius 3 is 1.23 bits per heavy atom. The Labute approximate surface area is 523 Å². The van der Waals surface area contributed by atoms with Crippen molar-refractivity contribution in [2.24, 2.45) is 0 Å². The van der Waals surface area contributed by atoms with E-state index in [0.29, 0.717) is 0 Å². The highest BCUT2D eigenvalue weighted by molar-refractivity contribution is 7.26. The zero-order valence-electron chi connectivity index (χ0n) is 48.3. The normalized spacial score (nSPS) is 12.2. The molecule has 0 fully saturated rings. The summed E-state index contributed by atoms with van der Waals surface area (Å²) in [7, 11) is 0. The first kappa shape index (κ1) is 49.7. The van der Waals surface area contributed by atoms with Crippen molar-refractivity contribution in [3.8, 4) is 56.3 Å². The van der Waals surface area contributed by atoms with Gasteiger partial charge in [0, 0.05) is 108 Å². The molecule has 0 aliphatic heterocycles. The minimum absolute atomic E-state index is 0.923. The lowest BCUT2D eigenvalue weighted by Gasteiger charge is -2.16. The van der Waals surface area contributed by atoms with E-state index >= 15 is 0 Å². The van der Waals surface area contributed by atoms with Crippen LogP contribution in [-0.2, 0) is 0 Å². The van der Waals surface area contributed by atoms with E-state index in [0.717, 1.165) is 71.9 Å². The minimum atomic E-state index is 0.923. The van der Waals surface area contributed by atoms with Gasteiger partial charge in [0.25, 0.3) is 0 Å². The standard InChI is InChI=1S/C83H49N5S2/c1-9-31-70-58(21-1)59-22-2-10-32-71(59)85(70)54-39-41-77-67(47-54)64-27-7-13-35-74(64)87(77)56-45-52(50-19-17-20-51(43-50)57-29-18-30-66-65-28-8-16-38-78(65)89-81(57)66)44-53(46-56)69-49-84-83(88-75-36-14-5-25-62(75)63-26-6-15-37-76(63)88)82-80(69)68-48-55(40-42-79(68)90-82)86-72-33-11-3-23-60(72)61-24-4-12-34-73(61)86/h1-49H. The van der Waals surface area contributed by atoms with Gasteiger partial charge in [0.2, 0.25) is 0 Å². The quantitative estimate of drug-likeness (QED) is 0.157. The zero-order valence-corrected chi connectivity index (χ0v) is 50.0. The predicted molar refractivity (Wildman–Crippen MR) is 384 cm³/mol. The van der Waals surface area contributed by atoms with Crippen LogP contribution in [0.4, 0.5) is 0 Å². The van der Waals surface area contributed by atoms with Crippen LogP contribution < -0.4 is 0 Å². The van der Waals surface area contributed by atoms with E-state index in [2.05, 4.69) is 316 Å². The third-order valence-electron chi connectivity index (χ3n) is 19.0. The van der Waals surface area contributed by atoms with E-state index < -0.39 is 0 Å². The number of para-hydroxylation sites is 7. The second-order valence-corrected chi connectivity index (χ2v) is 25.9. The van der Waals surface area contributed by atoms with E-state index in [1.165, 1.54) is 112 Å². The lowest BCUT2D eigenvalue weighted by Crippen LogP contribution is -2.00. The number of rotatable bonds is 7. The third-order valence-corrected chi connectivity index (χ3v) is 21.4. The van der Waals surface area contributed by atoms with Crippen molar-refractivity contribution < 1.29 is 0 Å². The molecule has 0 spiro atoms. The summed E-state index contributed by atoms with van der Waals surface area (Å²) in [5.41, 5.74) is 19.4. The van der Waals surface area contributed by atoms with Gasteiger partial charge in [-0.25, -0.2) is 4.98 Å². The minimum Gasteiger partial charge on any atom is -0.309 e. The van der Waals surface area contributed by atoms with Crippen LogP contribution in [0.25, 0.3) is 184 Å². The molecular formula is C83H49N5S2. The molecule has 20 rings (SSSR count). The Balaban J connectivity index is 0.871. The number of thiophene rings is 2. The van der Waals surface area contributed by atoms with E-state index in [1.54, 1.807) is 0 Å². The Morgan fingerprint density at radius 2 is 0.644 bits per heavy atom. The number of pyridine rings is 1. The van der Waals surface area contributed by atoms with Crippen molar-refractivity contribution in [3.63, 3.8) is 0 Å². The lowest BCUT2D eigenvalue weighted by atomic mass is 9.94. The first-order valence-electron chi connectivity index (χ1n) is 30.7. The molecule has 5 nitrogen and oxygen atoms in total. The number of hydrogen-bond acceptors (Lipinski definition) is 3. The third kappa shape index (κ3) is 7.15. The molecule has 0 aliphatic carbocycles. The second-order valence-electron chi connectivity index (χ2n) is 23.8. The topological polar surface area (TPSA) is 32.6 Å². The molecule has 0 bridgehead atoms. The summed E-state index contributed by atoms with van der Waals surface area (Å²) in [6.45, 7) is 0. The smallest absolute Gasteiger partial charge is 0.155 e. The molecule has 0 aliphatic rings. The molecule has 13 aromatic carbocycles. The molecule has 7 aromatic heterocycles. The van der Waals surface area contributed by atoms with Crippen LogP contribution in [0.15, 0.2) is 297 Å². The molecule has 0 N–H and O–H groups in total. The van der Waals surface area contributed by atoms with Gasteiger partial charge in [0.05, 0.1) is 48.8 Å². The Bertz CT molecular complexity index is 6280. The van der Waals surface area contributed by atoms with Crippen LogP contribution in [0.5, 0.6) is 0 Å². The maximum atomic E-state index is 5.71. The molecule has 0 radical (unpaired) electrons. The fourth-order valence-corrected chi connectivity index (χ4v) is 17.5. The molecule has 7 heteroatoms. The molecule has 20 aromatic rings. The summed E-state index contributed by atoms with van der Waals surface area (Å²) in [5.74, 6) is 0.923. The van der Waals surface area contributed by atoms with Crippen LogP contribution in [0.3, 0.4) is 0 Å². The first-order chi connectivity index (χ1) is 44.6. The lowest BCUT2D eigenvalue weighted by molar-refractivity contribution is 1.11. The van der Waals surface area contributed by atoms with Gasteiger partial charge in [-0.3, -0.25) is 4.57 Å². The van der Waals surface area contributed by atoms with Crippen molar-refractivity contribution >= 4 is 150 Å². The molecule has 0 atom stereocenters. The van der Waals surface area contributed by atoms with E-state index in [4.69, 9.17) is 4.98 Å². The van der Waals surface area contributed by atoms with Gasteiger partial charge >= 0.3 is 0 Å². The fraction of sp³-hybridized carbons (Fsp3) is 0. The van der Waals surface area contributed by atoms with Gasteiger partial charge < -0.3 is 13.7 Å². The molecule has 418 valence electrons. The van der Waals surface area contributed by atoms with Crippen LogP contribution in [0.1, 0.15) is 0 Å². The number of nitrogens with zero attached hydrogens (tertiary/aromatic N) is 5. The molecular weight excluding hydrogens is 1130 g/mol. The average molecular weight is 1180 g/mol. The van der Waals surface area contributed by atoms with Crippen LogP contribution >= 0.6 is 22.7 Å². The van der Waals surface area contributed by atoms with Crippen molar-refractivity contribution in [1.82, 2.24) is 23.3 Å². The molecule has 0 saturated heterocycles. The monoisotopic (exact) mass is 1180 g/mol. The molecule has 0 amide bonds. The summed E-state index contributed by atoms with van der Waals surface area (Å²) in [6, 6.07) is 108. The van der Waals surface area contributed by atoms with E-state index in [1.807, 2.05) is 22.7 Å². The average Bonchev–Trinajstić information content (AvgIpc) is 1.77. The van der Waals surface area contributed by atoms with Crippen molar-refractivity contribution in [2.45, 2.75) is 0 Å². The number of fused-ring (bicyclic) bond motifs is 18. The highest BCUT2D eigenvalue weighted by Gasteiger charge is 2.25. The number of aromatic nitrogens is 5. The fourth-order valence-electron chi connectivity index (χ4n) is 15.1. The maximum absolute atomic E-state index is 5.71. The van der Waals surface area contributed by atoms with Crippen molar-refractivity contribution in [1.29, 1.82) is 0 Å². The molecule has 90 heavy (non-hydrogen) atoms. The van der Waals surface area contributed by atoms with Crippen molar-refractivity contribution in [2.75, 3.05) is 0 Å². The first-order valence-corrected chi connectivity index (χ1v) is 32.3. The van der Waals surface area contributed by atoms with Gasteiger partial charge in [0.1, 0.15) is 0 Å². The van der Waals surface area contributed by atoms with Gasteiger partial charge in [-0.1, -0.05) is 182 Å². The summed E-state index contributed by atoms with van der Waals surface area (Å²) >= 11 is 3.71.